The lowest BCUT2D eigenvalue weighted by Gasteiger charge is -2.08. The average Bonchev–Trinajstić information content (AvgIpc) is 2.90. The summed E-state index contributed by atoms with van der Waals surface area (Å²) in [5.41, 5.74) is 2.22. The molecular weight excluding hydrogens is 325 g/mol. The minimum atomic E-state index is -0.0274. The second-order valence-corrected chi connectivity index (χ2v) is 7.16. The van der Waals surface area contributed by atoms with Crippen LogP contribution in [0.4, 0.5) is 0 Å². The number of benzene rings is 1. The first-order valence-electron chi connectivity index (χ1n) is 6.97. The van der Waals surface area contributed by atoms with Crippen molar-refractivity contribution in [2.75, 3.05) is 0 Å². The summed E-state index contributed by atoms with van der Waals surface area (Å²) in [6.07, 6.45) is 4.67. The third-order valence-corrected chi connectivity index (χ3v) is 5.50. The number of rotatable bonds is 3. The van der Waals surface area contributed by atoms with Crippen LogP contribution in [0.1, 0.15) is 38.5 Å². The zero-order valence-electron chi connectivity index (χ0n) is 11.4. The van der Waals surface area contributed by atoms with Crippen LogP contribution in [0.25, 0.3) is 0 Å². The molecule has 2 aromatic rings. The first-order valence-corrected chi connectivity index (χ1v) is 8.54. The molecule has 3 rings (SSSR count). The van der Waals surface area contributed by atoms with E-state index in [0.717, 1.165) is 23.3 Å². The van der Waals surface area contributed by atoms with Gasteiger partial charge >= 0.3 is 0 Å². The van der Waals surface area contributed by atoms with E-state index in [1.807, 2.05) is 12.1 Å². The van der Waals surface area contributed by atoms with E-state index in [4.69, 9.17) is 23.2 Å². The van der Waals surface area contributed by atoms with Gasteiger partial charge in [0, 0.05) is 21.5 Å². The van der Waals surface area contributed by atoms with Gasteiger partial charge in [-0.05, 0) is 55.0 Å². The summed E-state index contributed by atoms with van der Waals surface area (Å²) in [6.45, 7) is 0.414. The highest BCUT2D eigenvalue weighted by molar-refractivity contribution is 7.14. The number of carbonyl (C=O) groups excluding carboxylic acids is 1. The fourth-order valence-corrected chi connectivity index (χ4v) is 4.18. The Labute approximate surface area is 138 Å². The second-order valence-electron chi connectivity index (χ2n) is 5.18. The Morgan fingerprint density at radius 3 is 2.76 bits per heavy atom. The third-order valence-electron chi connectivity index (χ3n) is 3.67. The summed E-state index contributed by atoms with van der Waals surface area (Å²) in [5, 5.41) is 4.10. The molecule has 5 heteroatoms. The van der Waals surface area contributed by atoms with Crippen molar-refractivity contribution in [2.24, 2.45) is 0 Å². The van der Waals surface area contributed by atoms with Crippen LogP contribution in [-0.2, 0) is 19.4 Å². The number of halogens is 2. The quantitative estimate of drug-likeness (QED) is 0.849. The highest BCUT2D eigenvalue weighted by Crippen LogP contribution is 2.29. The van der Waals surface area contributed by atoms with E-state index in [9.17, 15) is 4.79 Å². The van der Waals surface area contributed by atoms with E-state index in [0.29, 0.717) is 16.6 Å². The van der Waals surface area contributed by atoms with Crippen LogP contribution in [0.2, 0.25) is 10.0 Å². The molecule has 1 aromatic carbocycles. The van der Waals surface area contributed by atoms with Crippen LogP contribution < -0.4 is 5.32 Å². The molecular formula is C16H15Cl2NOS. The van der Waals surface area contributed by atoms with E-state index in [1.165, 1.54) is 23.3 Å². The van der Waals surface area contributed by atoms with Crippen molar-refractivity contribution in [3.63, 3.8) is 0 Å². The highest BCUT2D eigenvalue weighted by atomic mass is 35.5. The SMILES string of the molecule is O=C(NCc1ccc(Cl)cc1Cl)c1cc2c(s1)CCCC2. The normalized spacial score (nSPS) is 13.8. The minimum absolute atomic E-state index is 0.0274. The van der Waals surface area contributed by atoms with E-state index in [1.54, 1.807) is 23.5 Å². The summed E-state index contributed by atoms with van der Waals surface area (Å²) in [5.74, 6) is -0.0274. The first-order chi connectivity index (χ1) is 10.1. The summed E-state index contributed by atoms with van der Waals surface area (Å²) >= 11 is 13.6. The summed E-state index contributed by atoms with van der Waals surface area (Å²) in [4.78, 5) is 14.4. The van der Waals surface area contributed by atoms with Crippen LogP contribution in [0.5, 0.6) is 0 Å². The maximum Gasteiger partial charge on any atom is 0.261 e. The lowest BCUT2D eigenvalue weighted by Crippen LogP contribution is -2.21. The second kappa shape index (κ2) is 6.39. The molecule has 1 amide bonds. The molecule has 1 aromatic heterocycles. The standard InChI is InChI=1S/C16H15Cl2NOS/c17-12-6-5-11(13(18)8-12)9-19-16(20)15-7-10-3-1-2-4-14(10)21-15/h5-8H,1-4,9H2,(H,19,20). The smallest absolute Gasteiger partial charge is 0.261 e. The van der Waals surface area contributed by atoms with Crippen LogP contribution in [-0.4, -0.2) is 5.91 Å². The van der Waals surface area contributed by atoms with Crippen molar-refractivity contribution in [2.45, 2.75) is 32.2 Å². The maximum atomic E-state index is 12.2. The number of carbonyl (C=O) groups is 1. The van der Waals surface area contributed by atoms with Gasteiger partial charge in [0.25, 0.3) is 5.91 Å². The van der Waals surface area contributed by atoms with Gasteiger partial charge in [0.1, 0.15) is 0 Å². The van der Waals surface area contributed by atoms with Gasteiger partial charge in [-0.2, -0.15) is 0 Å². The molecule has 110 valence electrons. The van der Waals surface area contributed by atoms with Crippen molar-refractivity contribution in [3.05, 3.63) is 55.2 Å². The molecule has 0 aliphatic heterocycles. The molecule has 0 spiro atoms. The van der Waals surface area contributed by atoms with Gasteiger partial charge in [0.05, 0.1) is 4.88 Å². The monoisotopic (exact) mass is 339 g/mol. The molecule has 0 unspecified atom stereocenters. The van der Waals surface area contributed by atoms with Crippen LogP contribution in [0, 0.1) is 0 Å². The Kier molecular flexibility index (Phi) is 4.53. The zero-order valence-corrected chi connectivity index (χ0v) is 13.7. The van der Waals surface area contributed by atoms with Crippen LogP contribution >= 0.6 is 34.5 Å². The lowest BCUT2D eigenvalue weighted by molar-refractivity contribution is 0.0955. The van der Waals surface area contributed by atoms with Crippen molar-refractivity contribution in [1.82, 2.24) is 5.32 Å². The Hall–Kier alpha value is -1.03. The third kappa shape index (κ3) is 3.42. The summed E-state index contributed by atoms with van der Waals surface area (Å²) < 4.78 is 0. The van der Waals surface area contributed by atoms with Crippen molar-refractivity contribution < 1.29 is 4.79 Å². The molecule has 2 nitrogen and oxygen atoms in total. The van der Waals surface area contributed by atoms with Gasteiger partial charge in [0.15, 0.2) is 0 Å². The van der Waals surface area contributed by atoms with Crippen molar-refractivity contribution >= 4 is 40.4 Å². The van der Waals surface area contributed by atoms with Crippen molar-refractivity contribution in [3.8, 4) is 0 Å². The minimum Gasteiger partial charge on any atom is -0.347 e. The van der Waals surface area contributed by atoms with E-state index in [2.05, 4.69) is 5.32 Å². The number of fused-ring (bicyclic) bond motifs is 1. The van der Waals surface area contributed by atoms with Crippen LogP contribution in [0.3, 0.4) is 0 Å². The van der Waals surface area contributed by atoms with Gasteiger partial charge in [-0.1, -0.05) is 29.3 Å². The largest absolute Gasteiger partial charge is 0.347 e. The Morgan fingerprint density at radius 1 is 1.19 bits per heavy atom. The number of hydrogen-bond donors (Lipinski definition) is 1. The maximum absolute atomic E-state index is 12.2. The Balaban J connectivity index is 1.67. The molecule has 1 N–H and O–H groups in total. The van der Waals surface area contributed by atoms with Gasteiger partial charge in [-0.15, -0.1) is 11.3 Å². The molecule has 1 aliphatic rings. The Morgan fingerprint density at radius 2 is 2.00 bits per heavy atom. The molecule has 0 fully saturated rings. The fourth-order valence-electron chi connectivity index (χ4n) is 2.53. The molecule has 1 heterocycles. The van der Waals surface area contributed by atoms with Gasteiger partial charge in [-0.25, -0.2) is 0 Å². The van der Waals surface area contributed by atoms with Crippen molar-refractivity contribution in [1.29, 1.82) is 0 Å². The summed E-state index contributed by atoms with van der Waals surface area (Å²) in [6, 6.07) is 7.34. The Bertz CT molecular complexity index is 657. The molecule has 1 aliphatic carbocycles. The number of hydrogen-bond acceptors (Lipinski definition) is 2. The lowest BCUT2D eigenvalue weighted by atomic mass is 9.99. The molecule has 0 atom stereocenters. The fraction of sp³-hybridized carbons (Fsp3) is 0.312. The van der Waals surface area contributed by atoms with E-state index in [-0.39, 0.29) is 5.91 Å². The number of nitrogens with one attached hydrogen (secondary N) is 1. The van der Waals surface area contributed by atoms with Gasteiger partial charge in [0.2, 0.25) is 0 Å². The molecule has 0 saturated carbocycles. The highest BCUT2D eigenvalue weighted by Gasteiger charge is 2.17. The molecule has 21 heavy (non-hydrogen) atoms. The molecule has 0 radical (unpaired) electrons. The average molecular weight is 340 g/mol. The predicted octanol–water partition coefficient (Wildman–Crippen LogP) is 4.86. The molecule has 0 saturated heterocycles. The molecule has 0 bridgehead atoms. The topological polar surface area (TPSA) is 29.1 Å². The summed E-state index contributed by atoms with van der Waals surface area (Å²) in [7, 11) is 0. The van der Waals surface area contributed by atoms with Gasteiger partial charge < -0.3 is 5.32 Å². The van der Waals surface area contributed by atoms with E-state index < -0.39 is 0 Å². The van der Waals surface area contributed by atoms with Crippen LogP contribution in [0.15, 0.2) is 24.3 Å². The number of thiophene rings is 1. The first kappa shape index (κ1) is 14.9. The van der Waals surface area contributed by atoms with Gasteiger partial charge in [-0.3, -0.25) is 4.79 Å². The predicted molar refractivity (Wildman–Crippen MR) is 88.6 cm³/mol. The van der Waals surface area contributed by atoms with E-state index >= 15 is 0 Å². The zero-order chi connectivity index (χ0) is 14.8. The number of amides is 1. The number of aryl methyl sites for hydroxylation is 2.